The first-order valence-corrected chi connectivity index (χ1v) is 20.4. The molecule has 2 aliphatic rings. The molecule has 1 saturated heterocycles. The molecular weight excluding hydrogens is 768 g/mol. The minimum Gasteiger partial charge on any atom is -0.481 e. The van der Waals surface area contributed by atoms with Crippen LogP contribution in [0.25, 0.3) is 0 Å². The first-order valence-electron chi connectivity index (χ1n) is 20.4. The number of nitrogens with two attached hydrogens (primary N) is 1. The van der Waals surface area contributed by atoms with E-state index in [4.69, 9.17) is 10.5 Å². The third kappa shape index (κ3) is 18.5. The van der Waals surface area contributed by atoms with Crippen molar-refractivity contribution in [2.45, 2.75) is 115 Å². The summed E-state index contributed by atoms with van der Waals surface area (Å²) in [6.45, 7) is 6.34. The molecule has 0 bridgehead atoms. The van der Waals surface area contributed by atoms with Crippen molar-refractivity contribution >= 4 is 47.4 Å². The summed E-state index contributed by atoms with van der Waals surface area (Å²) in [7, 11) is 0. The van der Waals surface area contributed by atoms with Crippen LogP contribution < -0.4 is 37.6 Å². The molecule has 1 aromatic rings. The normalized spacial score (nSPS) is 17.3. The molecule has 1 saturated carbocycles. The van der Waals surface area contributed by atoms with Crippen LogP contribution >= 0.6 is 0 Å². The van der Waals surface area contributed by atoms with E-state index in [1.54, 1.807) is 44.2 Å². The van der Waals surface area contributed by atoms with E-state index in [0.29, 0.717) is 38.5 Å². The van der Waals surface area contributed by atoms with Gasteiger partial charge in [0.05, 0.1) is 26.2 Å². The third-order valence-electron chi connectivity index (χ3n) is 10.2. The lowest BCUT2D eigenvalue weighted by Crippen LogP contribution is -2.59. The van der Waals surface area contributed by atoms with Crippen LogP contribution in [0.2, 0.25) is 0 Å². The Bertz CT molecular complexity index is 1570. The van der Waals surface area contributed by atoms with Gasteiger partial charge in [0.1, 0.15) is 30.2 Å². The highest BCUT2D eigenvalue weighted by atomic mass is 16.5. The Kier molecular flexibility index (Phi) is 20.7. The summed E-state index contributed by atoms with van der Waals surface area (Å²) >= 11 is 0. The fourth-order valence-corrected chi connectivity index (χ4v) is 7.10. The number of hydrogen-bond acceptors (Lipinski definition) is 11. The molecule has 1 aliphatic carbocycles. The van der Waals surface area contributed by atoms with Crippen LogP contribution in [0.15, 0.2) is 30.3 Å². The monoisotopic (exact) mass is 830 g/mol. The SMILES string of the molecule is CC(C)C[C@H](NC(=O)[C@H](CC(=O)O)NC(=O)[C@H](CC1CCCCC1)NC(=O)[C@H](CCC(N)=O)NC(=O)CNCN1CCOCC1)C(=O)N[C@@H](Cc1ccccc1)C(=O)O. The van der Waals surface area contributed by atoms with E-state index in [9.17, 15) is 48.6 Å². The van der Waals surface area contributed by atoms with Gasteiger partial charge in [0, 0.05) is 32.6 Å². The Morgan fingerprint density at radius 2 is 1.34 bits per heavy atom. The van der Waals surface area contributed by atoms with Crippen molar-refractivity contribution in [3.63, 3.8) is 0 Å². The van der Waals surface area contributed by atoms with E-state index >= 15 is 0 Å². The smallest absolute Gasteiger partial charge is 0.326 e. The molecule has 1 aliphatic heterocycles. The molecule has 0 aromatic heterocycles. The van der Waals surface area contributed by atoms with Crippen molar-refractivity contribution in [1.29, 1.82) is 0 Å². The van der Waals surface area contributed by atoms with Crippen LogP contribution in [0, 0.1) is 11.8 Å². The zero-order valence-electron chi connectivity index (χ0n) is 34.0. The number of ether oxygens (including phenoxy) is 1. The first kappa shape index (κ1) is 48.2. The molecule has 10 N–H and O–H groups in total. The van der Waals surface area contributed by atoms with E-state index < -0.39 is 84.0 Å². The van der Waals surface area contributed by atoms with Gasteiger partial charge in [-0.3, -0.25) is 43.8 Å². The standard InChI is InChI=1S/C40H62N8O11/c1-25(2)19-29(37(54)47-32(40(57)58)21-27-11-7-4-8-12-27)44-39(56)31(22-35(51)52)46-38(55)30(20-26-9-5-3-6-10-26)45-36(53)28(13-14-33(41)49)43-34(50)23-42-24-48-15-17-59-18-16-48/h4,7-8,11-12,25-26,28-32,42H,3,5-6,9-10,13-24H2,1-2H3,(H2,41,49)(H,43,50)(H,44,56)(H,45,53)(H,46,55)(H,47,54)(H,51,52)(H,57,58)/t28-,29-,30-,31-,32-/m0/s1. The zero-order chi connectivity index (χ0) is 43.3. The maximum atomic E-state index is 14.0. The number of amides is 6. The van der Waals surface area contributed by atoms with E-state index in [0.717, 1.165) is 32.1 Å². The number of rotatable bonds is 25. The number of primary amides is 1. The molecule has 19 nitrogen and oxygen atoms in total. The summed E-state index contributed by atoms with van der Waals surface area (Å²) < 4.78 is 5.33. The van der Waals surface area contributed by atoms with Gasteiger partial charge in [-0.1, -0.05) is 76.3 Å². The molecular formula is C40H62N8O11. The second-order valence-electron chi connectivity index (χ2n) is 15.7. The highest BCUT2D eigenvalue weighted by molar-refractivity contribution is 5.97. The number of hydrogen-bond donors (Lipinski definition) is 9. The van der Waals surface area contributed by atoms with Crippen molar-refractivity contribution in [1.82, 2.24) is 36.8 Å². The predicted molar refractivity (Wildman–Crippen MR) is 214 cm³/mol. The van der Waals surface area contributed by atoms with Crippen molar-refractivity contribution in [3.8, 4) is 0 Å². The molecule has 1 heterocycles. The molecule has 5 atom stereocenters. The van der Waals surface area contributed by atoms with Crippen LogP contribution in [-0.4, -0.2) is 132 Å². The number of carbonyl (C=O) groups excluding carboxylic acids is 6. The number of aliphatic carboxylic acids is 2. The molecule has 2 fully saturated rings. The molecule has 1 aromatic carbocycles. The average Bonchev–Trinajstić information content (AvgIpc) is 3.19. The minimum absolute atomic E-state index is 0.00628. The summed E-state index contributed by atoms with van der Waals surface area (Å²) in [4.78, 5) is 106. The lowest BCUT2D eigenvalue weighted by molar-refractivity contribution is -0.143. The number of benzene rings is 1. The van der Waals surface area contributed by atoms with Gasteiger partial charge >= 0.3 is 11.9 Å². The highest BCUT2D eigenvalue weighted by Crippen LogP contribution is 2.27. The van der Waals surface area contributed by atoms with Crippen molar-refractivity contribution in [2.24, 2.45) is 17.6 Å². The van der Waals surface area contributed by atoms with E-state index in [1.807, 2.05) is 0 Å². The van der Waals surface area contributed by atoms with Crippen LogP contribution in [0.1, 0.15) is 83.6 Å². The number of carbonyl (C=O) groups is 8. The quantitative estimate of drug-likeness (QED) is 0.0595. The molecule has 59 heavy (non-hydrogen) atoms. The van der Waals surface area contributed by atoms with Gasteiger partial charge in [-0.2, -0.15) is 0 Å². The molecule has 19 heteroatoms. The summed E-state index contributed by atoms with van der Waals surface area (Å²) in [5, 5.41) is 35.4. The Balaban J connectivity index is 1.77. The predicted octanol–water partition coefficient (Wildman–Crippen LogP) is -0.626. The van der Waals surface area contributed by atoms with Gasteiger partial charge in [0.15, 0.2) is 0 Å². The summed E-state index contributed by atoms with van der Waals surface area (Å²) in [5.41, 5.74) is 6.02. The molecule has 6 amide bonds. The average molecular weight is 831 g/mol. The number of nitrogens with one attached hydrogen (secondary N) is 6. The van der Waals surface area contributed by atoms with Gasteiger partial charge < -0.3 is 47.3 Å². The largest absolute Gasteiger partial charge is 0.481 e. The molecule has 0 spiro atoms. The maximum absolute atomic E-state index is 14.0. The Morgan fingerprint density at radius 3 is 1.95 bits per heavy atom. The van der Waals surface area contributed by atoms with Crippen LogP contribution in [0.3, 0.4) is 0 Å². The van der Waals surface area contributed by atoms with Crippen LogP contribution in [0.5, 0.6) is 0 Å². The maximum Gasteiger partial charge on any atom is 0.326 e. The van der Waals surface area contributed by atoms with Crippen molar-refractivity contribution in [2.75, 3.05) is 39.5 Å². The number of nitrogens with zero attached hydrogens (tertiary/aromatic N) is 1. The summed E-state index contributed by atoms with van der Waals surface area (Å²) in [6.07, 6.45) is 3.23. The van der Waals surface area contributed by atoms with Gasteiger partial charge in [-0.05, 0) is 36.7 Å². The lowest BCUT2D eigenvalue weighted by Gasteiger charge is -2.30. The fourth-order valence-electron chi connectivity index (χ4n) is 7.10. The highest BCUT2D eigenvalue weighted by Gasteiger charge is 2.35. The Morgan fingerprint density at radius 1 is 0.763 bits per heavy atom. The molecule has 0 unspecified atom stereocenters. The minimum atomic E-state index is -1.70. The van der Waals surface area contributed by atoms with Gasteiger partial charge in [0.25, 0.3) is 0 Å². The Hall–Kier alpha value is -5.14. The first-order chi connectivity index (χ1) is 28.1. The van der Waals surface area contributed by atoms with E-state index in [-0.39, 0.29) is 50.5 Å². The third-order valence-corrected chi connectivity index (χ3v) is 10.2. The fraction of sp³-hybridized carbons (Fsp3) is 0.650. The second kappa shape index (κ2) is 25.4. The van der Waals surface area contributed by atoms with Crippen molar-refractivity contribution < 1.29 is 53.3 Å². The number of carboxylic acids is 2. The molecule has 0 radical (unpaired) electrons. The van der Waals surface area contributed by atoms with Crippen LogP contribution in [-0.2, 0) is 49.5 Å². The van der Waals surface area contributed by atoms with Crippen LogP contribution in [0.4, 0.5) is 0 Å². The Labute approximate surface area is 344 Å². The van der Waals surface area contributed by atoms with E-state index in [1.165, 1.54) is 0 Å². The molecule has 328 valence electrons. The van der Waals surface area contributed by atoms with Gasteiger partial charge in [-0.25, -0.2) is 4.79 Å². The number of morpholine rings is 1. The molecule has 3 rings (SSSR count). The van der Waals surface area contributed by atoms with Gasteiger partial charge in [0.2, 0.25) is 35.4 Å². The topological polar surface area (TPSA) is 288 Å². The van der Waals surface area contributed by atoms with E-state index in [2.05, 4.69) is 36.8 Å². The van der Waals surface area contributed by atoms with Crippen molar-refractivity contribution in [3.05, 3.63) is 35.9 Å². The second-order valence-corrected chi connectivity index (χ2v) is 15.7. The zero-order valence-corrected chi connectivity index (χ0v) is 34.0. The summed E-state index contributed by atoms with van der Waals surface area (Å²) in [5.74, 6) is -7.60. The summed E-state index contributed by atoms with van der Waals surface area (Å²) in [6, 6.07) is 1.80. The lowest BCUT2D eigenvalue weighted by atomic mass is 9.84. The number of carboxylic acid groups (broad SMARTS) is 2. The van der Waals surface area contributed by atoms with Gasteiger partial charge in [-0.15, -0.1) is 0 Å².